The summed E-state index contributed by atoms with van der Waals surface area (Å²) in [5, 5.41) is 0. The zero-order chi connectivity index (χ0) is 12.5. The second-order valence-electron chi connectivity index (χ2n) is 3.86. The summed E-state index contributed by atoms with van der Waals surface area (Å²) in [6, 6.07) is 13.6. The van der Waals surface area contributed by atoms with Crippen molar-refractivity contribution in [2.24, 2.45) is 0 Å². The molecule has 0 aliphatic carbocycles. The van der Waals surface area contributed by atoms with E-state index in [0.29, 0.717) is 11.1 Å². The first-order valence-corrected chi connectivity index (χ1v) is 5.13. The molecule has 0 spiro atoms. The number of alkyl halides is 3. The van der Waals surface area contributed by atoms with Gasteiger partial charge in [-0.05, 0) is 36.2 Å². The maximum Gasteiger partial charge on any atom is 0.416 e. The summed E-state index contributed by atoms with van der Waals surface area (Å²) in [5.74, 6) is 0. The Hall–Kier alpha value is -1.77. The molecule has 0 unspecified atom stereocenters. The number of hydrogen-bond acceptors (Lipinski definition) is 0. The van der Waals surface area contributed by atoms with E-state index in [-0.39, 0.29) is 0 Å². The van der Waals surface area contributed by atoms with Crippen molar-refractivity contribution in [2.75, 3.05) is 0 Å². The Kier molecular flexibility index (Phi) is 2.92. The fourth-order valence-electron chi connectivity index (χ4n) is 1.61. The van der Waals surface area contributed by atoms with Crippen LogP contribution in [-0.2, 0) is 6.18 Å². The minimum atomic E-state index is -4.31. The molecular weight excluding hydrogens is 225 g/mol. The summed E-state index contributed by atoms with van der Waals surface area (Å²) in [5.41, 5.74) is 1.57. The third-order valence-electron chi connectivity index (χ3n) is 2.46. The van der Waals surface area contributed by atoms with Crippen molar-refractivity contribution in [1.82, 2.24) is 0 Å². The lowest BCUT2D eigenvalue weighted by Crippen LogP contribution is -2.04. The van der Waals surface area contributed by atoms with Gasteiger partial charge in [-0.3, -0.25) is 0 Å². The Bertz CT molecular complexity index is 527. The van der Waals surface area contributed by atoms with Crippen molar-refractivity contribution in [1.29, 1.82) is 0 Å². The maximum absolute atomic E-state index is 12.6. The topological polar surface area (TPSA) is 0 Å². The van der Waals surface area contributed by atoms with E-state index in [2.05, 4.69) is 6.07 Å². The zero-order valence-electron chi connectivity index (χ0n) is 9.18. The summed E-state index contributed by atoms with van der Waals surface area (Å²) >= 11 is 0. The van der Waals surface area contributed by atoms with Gasteiger partial charge in [0.05, 0.1) is 5.56 Å². The monoisotopic (exact) mass is 235 g/mol. The molecule has 0 N–H and O–H groups in total. The highest BCUT2D eigenvalue weighted by atomic mass is 19.4. The number of rotatable bonds is 1. The minimum absolute atomic E-state index is 0.531. The van der Waals surface area contributed by atoms with Gasteiger partial charge in [-0.15, -0.1) is 0 Å². The molecule has 2 aromatic rings. The van der Waals surface area contributed by atoms with E-state index in [9.17, 15) is 13.2 Å². The van der Waals surface area contributed by atoms with Crippen LogP contribution in [0.25, 0.3) is 11.1 Å². The average Bonchev–Trinajstić information content (AvgIpc) is 2.28. The van der Waals surface area contributed by atoms with Gasteiger partial charge in [0, 0.05) is 0 Å². The van der Waals surface area contributed by atoms with Gasteiger partial charge in [0.1, 0.15) is 0 Å². The molecule has 0 nitrogen and oxygen atoms in total. The lowest BCUT2D eigenvalue weighted by atomic mass is 10.0. The Morgan fingerprint density at radius 1 is 1.06 bits per heavy atom. The summed E-state index contributed by atoms with van der Waals surface area (Å²) in [6.07, 6.45) is -4.31. The van der Waals surface area contributed by atoms with Crippen LogP contribution in [0, 0.1) is 13.0 Å². The third-order valence-corrected chi connectivity index (χ3v) is 2.46. The Morgan fingerprint density at radius 2 is 1.82 bits per heavy atom. The number of halogens is 3. The van der Waals surface area contributed by atoms with Crippen LogP contribution in [0.2, 0.25) is 0 Å². The standard InChI is InChI=1S/C14H10F3/c1-10-4-2-5-11(8-10)12-6-3-7-13(9-12)14(15,16)17/h2-4,6-9H,1H3. The molecule has 87 valence electrons. The zero-order valence-corrected chi connectivity index (χ0v) is 9.18. The molecule has 0 heterocycles. The molecule has 0 bridgehead atoms. The maximum atomic E-state index is 12.6. The molecule has 0 aliphatic heterocycles. The van der Waals surface area contributed by atoms with E-state index in [4.69, 9.17) is 0 Å². The lowest BCUT2D eigenvalue weighted by Gasteiger charge is -2.09. The van der Waals surface area contributed by atoms with Crippen molar-refractivity contribution in [2.45, 2.75) is 13.1 Å². The number of aryl methyl sites for hydroxylation is 1. The van der Waals surface area contributed by atoms with Gasteiger partial charge in [0.2, 0.25) is 0 Å². The van der Waals surface area contributed by atoms with E-state index in [1.54, 1.807) is 12.1 Å². The van der Waals surface area contributed by atoms with Gasteiger partial charge >= 0.3 is 6.18 Å². The lowest BCUT2D eigenvalue weighted by molar-refractivity contribution is -0.137. The van der Waals surface area contributed by atoms with Crippen LogP contribution < -0.4 is 0 Å². The van der Waals surface area contributed by atoms with Gasteiger partial charge in [0.15, 0.2) is 0 Å². The summed E-state index contributed by atoms with van der Waals surface area (Å²) in [4.78, 5) is 0. The van der Waals surface area contributed by atoms with Crippen LogP contribution >= 0.6 is 0 Å². The molecular formula is C14H10F3. The Balaban J connectivity index is 2.47. The highest BCUT2D eigenvalue weighted by Crippen LogP contribution is 2.32. The second-order valence-corrected chi connectivity index (χ2v) is 3.86. The molecule has 0 saturated heterocycles. The smallest absolute Gasteiger partial charge is 0.166 e. The van der Waals surface area contributed by atoms with Gasteiger partial charge in [-0.25, -0.2) is 0 Å². The largest absolute Gasteiger partial charge is 0.416 e. The second kappa shape index (κ2) is 4.24. The van der Waals surface area contributed by atoms with Crippen LogP contribution in [0.3, 0.4) is 0 Å². The first kappa shape index (κ1) is 11.7. The third kappa shape index (κ3) is 2.67. The molecule has 17 heavy (non-hydrogen) atoms. The van der Waals surface area contributed by atoms with Crippen LogP contribution in [0.4, 0.5) is 13.2 Å². The van der Waals surface area contributed by atoms with Crippen molar-refractivity contribution in [3.63, 3.8) is 0 Å². The number of benzene rings is 2. The Labute approximate surface area is 97.7 Å². The number of hydrogen-bond donors (Lipinski definition) is 0. The van der Waals surface area contributed by atoms with E-state index in [1.165, 1.54) is 6.07 Å². The Morgan fingerprint density at radius 3 is 2.47 bits per heavy atom. The van der Waals surface area contributed by atoms with Crippen LogP contribution in [0.5, 0.6) is 0 Å². The van der Waals surface area contributed by atoms with E-state index >= 15 is 0 Å². The molecule has 0 saturated carbocycles. The molecule has 0 aromatic heterocycles. The fourth-order valence-corrected chi connectivity index (χ4v) is 1.61. The van der Waals surface area contributed by atoms with E-state index < -0.39 is 11.7 Å². The summed E-state index contributed by atoms with van der Waals surface area (Å²) < 4.78 is 37.7. The molecule has 0 aliphatic rings. The van der Waals surface area contributed by atoms with Crippen molar-refractivity contribution >= 4 is 0 Å². The van der Waals surface area contributed by atoms with Gasteiger partial charge in [0.25, 0.3) is 0 Å². The van der Waals surface area contributed by atoms with Crippen LogP contribution in [0.1, 0.15) is 11.1 Å². The molecule has 3 heteroatoms. The normalized spacial score (nSPS) is 11.5. The van der Waals surface area contributed by atoms with Gasteiger partial charge in [-0.2, -0.15) is 13.2 Å². The first-order valence-electron chi connectivity index (χ1n) is 5.13. The predicted octanol–water partition coefficient (Wildman–Crippen LogP) is 4.48. The van der Waals surface area contributed by atoms with Crippen molar-refractivity contribution in [3.05, 3.63) is 59.7 Å². The van der Waals surface area contributed by atoms with Crippen molar-refractivity contribution in [3.8, 4) is 11.1 Å². The SMILES string of the molecule is Cc1cc[c]c(-c2cccc(C(F)(F)F)c2)c1. The van der Waals surface area contributed by atoms with Crippen LogP contribution in [0.15, 0.2) is 42.5 Å². The van der Waals surface area contributed by atoms with Crippen LogP contribution in [-0.4, -0.2) is 0 Å². The average molecular weight is 235 g/mol. The first-order chi connectivity index (χ1) is 7.97. The quantitative estimate of drug-likeness (QED) is 0.683. The highest BCUT2D eigenvalue weighted by Gasteiger charge is 2.30. The summed E-state index contributed by atoms with van der Waals surface area (Å²) in [7, 11) is 0. The summed E-state index contributed by atoms with van der Waals surface area (Å²) in [6.45, 7) is 1.89. The molecule has 2 rings (SSSR count). The molecule has 0 fully saturated rings. The van der Waals surface area contributed by atoms with Gasteiger partial charge < -0.3 is 0 Å². The predicted molar refractivity (Wildman–Crippen MR) is 60.5 cm³/mol. The molecule has 1 radical (unpaired) electrons. The van der Waals surface area contributed by atoms with E-state index in [0.717, 1.165) is 17.7 Å². The van der Waals surface area contributed by atoms with Gasteiger partial charge in [-0.1, -0.05) is 35.9 Å². The molecule has 0 atom stereocenters. The molecule has 2 aromatic carbocycles. The highest BCUT2D eigenvalue weighted by molar-refractivity contribution is 5.64. The fraction of sp³-hybridized carbons (Fsp3) is 0.143. The van der Waals surface area contributed by atoms with E-state index in [1.807, 2.05) is 19.1 Å². The van der Waals surface area contributed by atoms with Crippen molar-refractivity contribution < 1.29 is 13.2 Å². The minimum Gasteiger partial charge on any atom is -0.166 e. The molecule has 0 amide bonds.